The number of carbonyl (C=O) groups is 2. The third-order valence-corrected chi connectivity index (χ3v) is 11.9. The maximum absolute atomic E-state index is 13.5. The molecular formula is C47H57N9O2. The molecule has 302 valence electrons. The van der Waals surface area contributed by atoms with Gasteiger partial charge in [-0.2, -0.15) is 0 Å². The van der Waals surface area contributed by atoms with Gasteiger partial charge in [-0.25, -0.2) is 9.97 Å². The third kappa shape index (κ3) is 9.02. The Morgan fingerprint density at radius 2 is 0.948 bits per heavy atom. The van der Waals surface area contributed by atoms with Crippen LogP contribution in [0.5, 0.6) is 0 Å². The van der Waals surface area contributed by atoms with Crippen LogP contribution in [0.2, 0.25) is 0 Å². The van der Waals surface area contributed by atoms with Gasteiger partial charge < -0.3 is 36.4 Å². The van der Waals surface area contributed by atoms with Gasteiger partial charge in [-0.1, -0.05) is 60.7 Å². The number of likely N-dealkylation sites (tertiary alicyclic amines) is 2. The third-order valence-electron chi connectivity index (χ3n) is 11.9. The van der Waals surface area contributed by atoms with Gasteiger partial charge in [0.2, 0.25) is 0 Å². The van der Waals surface area contributed by atoms with E-state index in [0.29, 0.717) is 11.1 Å². The molecule has 8 rings (SSSR count). The summed E-state index contributed by atoms with van der Waals surface area (Å²) in [6.45, 7) is 7.42. The van der Waals surface area contributed by atoms with Crippen molar-refractivity contribution < 1.29 is 9.59 Å². The summed E-state index contributed by atoms with van der Waals surface area (Å²) in [5.41, 5.74) is 6.57. The summed E-state index contributed by atoms with van der Waals surface area (Å²) in [6, 6.07) is 28.6. The monoisotopic (exact) mass is 779 g/mol. The molecule has 0 saturated carbocycles. The Morgan fingerprint density at radius 3 is 1.45 bits per heavy atom. The number of anilines is 2. The molecule has 2 aliphatic rings. The lowest BCUT2D eigenvalue weighted by Gasteiger charge is -2.29. The van der Waals surface area contributed by atoms with Gasteiger partial charge in [-0.15, -0.1) is 0 Å². The Kier molecular flexibility index (Phi) is 12.6. The van der Waals surface area contributed by atoms with Crippen LogP contribution in [-0.4, -0.2) is 110 Å². The van der Waals surface area contributed by atoms with Crippen LogP contribution < -0.4 is 26.6 Å². The molecule has 2 aromatic heterocycles. The maximum Gasteiger partial charge on any atom is 0.253 e. The van der Waals surface area contributed by atoms with E-state index in [1.54, 1.807) is 0 Å². The van der Waals surface area contributed by atoms with Crippen molar-refractivity contribution >= 4 is 66.8 Å². The highest BCUT2D eigenvalue weighted by Gasteiger charge is 2.23. The van der Waals surface area contributed by atoms with Crippen molar-refractivity contribution in [2.45, 2.75) is 57.0 Å². The molecule has 4 aromatic carbocycles. The van der Waals surface area contributed by atoms with Crippen molar-refractivity contribution in [3.63, 3.8) is 0 Å². The van der Waals surface area contributed by atoms with Crippen LogP contribution in [0.15, 0.2) is 84.9 Å². The number of amides is 2. The topological polar surface area (TPSA) is 127 Å². The van der Waals surface area contributed by atoms with E-state index in [1.165, 1.54) is 0 Å². The SMILES string of the molecule is CN1CCC(NC(=O)c2cccc3c(NCCCCNCCCNc4c5ccccc5nc5c(C(=O)NC6CCN(C)CC6)cccc45)c4ccccc4nc23)CC1. The van der Waals surface area contributed by atoms with E-state index >= 15 is 0 Å². The molecule has 0 aliphatic carbocycles. The number of carbonyl (C=O) groups excluding carboxylic acids is 2. The van der Waals surface area contributed by atoms with Crippen LogP contribution in [0.25, 0.3) is 43.6 Å². The molecule has 11 nitrogen and oxygen atoms in total. The van der Waals surface area contributed by atoms with Crippen molar-refractivity contribution in [1.82, 2.24) is 35.7 Å². The first-order valence-corrected chi connectivity index (χ1v) is 21.2. The Morgan fingerprint density at radius 1 is 0.534 bits per heavy atom. The molecule has 5 N–H and O–H groups in total. The van der Waals surface area contributed by atoms with E-state index in [0.717, 1.165) is 152 Å². The zero-order valence-electron chi connectivity index (χ0n) is 33.9. The number of pyridine rings is 2. The number of para-hydroxylation sites is 4. The van der Waals surface area contributed by atoms with E-state index in [-0.39, 0.29) is 23.9 Å². The van der Waals surface area contributed by atoms with Gasteiger partial charge in [0.25, 0.3) is 11.8 Å². The Balaban J connectivity index is 0.841. The smallest absolute Gasteiger partial charge is 0.253 e. The minimum absolute atomic E-state index is 0.0468. The van der Waals surface area contributed by atoms with E-state index in [9.17, 15) is 9.59 Å². The second kappa shape index (κ2) is 18.5. The summed E-state index contributed by atoms with van der Waals surface area (Å²) in [5, 5.41) is 21.7. The molecule has 6 aromatic rings. The Hall–Kier alpha value is -5.36. The first-order chi connectivity index (χ1) is 28.4. The van der Waals surface area contributed by atoms with Crippen LogP contribution in [0.4, 0.5) is 11.4 Å². The maximum atomic E-state index is 13.5. The van der Waals surface area contributed by atoms with Crippen molar-refractivity contribution in [2.75, 3.05) is 77.1 Å². The van der Waals surface area contributed by atoms with Gasteiger partial charge in [0.1, 0.15) is 0 Å². The minimum atomic E-state index is -0.0485. The first kappa shape index (κ1) is 39.5. The predicted molar refractivity (Wildman–Crippen MR) is 238 cm³/mol. The largest absolute Gasteiger partial charge is 0.384 e. The van der Waals surface area contributed by atoms with Crippen molar-refractivity contribution in [1.29, 1.82) is 0 Å². The van der Waals surface area contributed by atoms with Gasteiger partial charge in [-0.05, 0) is 123 Å². The van der Waals surface area contributed by atoms with E-state index in [1.807, 2.05) is 60.7 Å². The molecule has 0 unspecified atom stereocenters. The highest BCUT2D eigenvalue weighted by atomic mass is 16.2. The number of nitrogens with zero attached hydrogens (tertiary/aromatic N) is 4. The standard InChI is InChI=1S/C47H57N9O2/c1-55-28-20-32(21-29-55)51-46(57)38-16-9-14-36-42(34-12-3-5-18-40(34)53-44(36)38)49-26-8-7-24-48-25-11-27-50-43-35-13-4-6-19-41(35)54-45-37(43)15-10-17-39(45)47(58)52-33-22-30-56(2)31-23-33/h3-6,9-10,12-19,32-33,48H,7-8,11,20-31H2,1-2H3,(H,49,53)(H,50,54)(H,51,57)(H,52,58). The fourth-order valence-electron chi connectivity index (χ4n) is 8.55. The number of hydrogen-bond acceptors (Lipinski definition) is 9. The van der Waals surface area contributed by atoms with E-state index < -0.39 is 0 Å². The van der Waals surface area contributed by atoms with Crippen molar-refractivity contribution in [3.8, 4) is 0 Å². The van der Waals surface area contributed by atoms with Crippen molar-refractivity contribution in [2.24, 2.45) is 0 Å². The fraction of sp³-hybridized carbons (Fsp3) is 0.404. The Bertz CT molecular complexity index is 2220. The second-order valence-electron chi connectivity index (χ2n) is 16.2. The first-order valence-electron chi connectivity index (χ1n) is 21.2. The molecule has 0 bridgehead atoms. The Labute approximate surface area is 341 Å². The average molecular weight is 780 g/mol. The number of fused-ring (bicyclic) bond motifs is 4. The summed E-state index contributed by atoms with van der Waals surface area (Å²) in [5.74, 6) is -0.0953. The number of piperidine rings is 2. The molecule has 2 fully saturated rings. The second-order valence-corrected chi connectivity index (χ2v) is 16.2. The predicted octanol–water partition coefficient (Wildman–Crippen LogP) is 7.02. The molecule has 0 radical (unpaired) electrons. The zero-order chi connectivity index (χ0) is 39.8. The van der Waals surface area contributed by atoms with E-state index in [4.69, 9.17) is 9.97 Å². The van der Waals surface area contributed by atoms with E-state index in [2.05, 4.69) is 74.7 Å². The van der Waals surface area contributed by atoms with Crippen LogP contribution in [-0.2, 0) is 0 Å². The van der Waals surface area contributed by atoms with Crippen LogP contribution in [0.1, 0.15) is 65.7 Å². The number of aromatic nitrogens is 2. The van der Waals surface area contributed by atoms with Crippen LogP contribution >= 0.6 is 0 Å². The van der Waals surface area contributed by atoms with Gasteiger partial charge in [0.05, 0.1) is 44.6 Å². The summed E-state index contributed by atoms with van der Waals surface area (Å²) < 4.78 is 0. The summed E-state index contributed by atoms with van der Waals surface area (Å²) in [7, 11) is 4.26. The number of rotatable bonds is 15. The molecule has 2 aliphatic heterocycles. The van der Waals surface area contributed by atoms with Gasteiger partial charge in [0.15, 0.2) is 0 Å². The lowest BCUT2D eigenvalue weighted by atomic mass is 10.0. The molecular weight excluding hydrogens is 723 g/mol. The number of hydrogen-bond donors (Lipinski definition) is 5. The molecule has 58 heavy (non-hydrogen) atoms. The molecule has 0 spiro atoms. The lowest BCUT2D eigenvalue weighted by molar-refractivity contribution is 0.0910. The number of benzene rings is 4. The minimum Gasteiger partial charge on any atom is -0.384 e. The summed E-state index contributed by atoms with van der Waals surface area (Å²) >= 11 is 0. The fourth-order valence-corrected chi connectivity index (χ4v) is 8.55. The van der Waals surface area contributed by atoms with Crippen LogP contribution in [0.3, 0.4) is 0 Å². The summed E-state index contributed by atoms with van der Waals surface area (Å²) in [4.78, 5) is 41.7. The molecule has 4 heterocycles. The molecule has 11 heteroatoms. The number of nitrogens with one attached hydrogen (secondary N) is 5. The van der Waals surface area contributed by atoms with Gasteiger partial charge in [0, 0.05) is 46.7 Å². The van der Waals surface area contributed by atoms with Crippen molar-refractivity contribution in [3.05, 3.63) is 96.1 Å². The zero-order valence-corrected chi connectivity index (χ0v) is 33.9. The van der Waals surface area contributed by atoms with Crippen LogP contribution in [0, 0.1) is 0 Å². The van der Waals surface area contributed by atoms with Gasteiger partial charge in [-0.3, -0.25) is 9.59 Å². The average Bonchev–Trinajstić information content (AvgIpc) is 3.24. The molecule has 2 saturated heterocycles. The normalized spacial score (nSPS) is 16.0. The molecule has 0 atom stereocenters. The van der Waals surface area contributed by atoms with Gasteiger partial charge >= 0.3 is 0 Å². The molecule has 2 amide bonds. The quantitative estimate of drug-likeness (QED) is 0.0553. The lowest BCUT2D eigenvalue weighted by Crippen LogP contribution is -2.43. The number of unbranched alkanes of at least 4 members (excludes halogenated alkanes) is 1. The summed E-state index contributed by atoms with van der Waals surface area (Å²) in [6.07, 6.45) is 6.84. The highest BCUT2D eigenvalue weighted by molar-refractivity contribution is 6.15. The highest BCUT2D eigenvalue weighted by Crippen LogP contribution is 2.34.